The number of H-pyrrole nitrogens is 1. The van der Waals surface area contributed by atoms with Gasteiger partial charge in [-0.3, -0.25) is 14.7 Å². The van der Waals surface area contributed by atoms with Crippen molar-refractivity contribution in [3.63, 3.8) is 0 Å². The standard InChI is InChI=1S/C7H11N5O2/c1-3(6(9)13)11-7(14)5-4(8)2-10-12-5/h2-3H,8H2,1H3,(H2,9,13)(H,10,12)(H,11,14)/t3-/m0/s1. The number of carbonyl (C=O) groups excluding carboxylic acids is 2. The van der Waals surface area contributed by atoms with Crippen molar-refractivity contribution in [3.8, 4) is 0 Å². The summed E-state index contributed by atoms with van der Waals surface area (Å²) in [5, 5.41) is 8.34. The first-order valence-corrected chi connectivity index (χ1v) is 3.91. The molecule has 0 radical (unpaired) electrons. The van der Waals surface area contributed by atoms with Crippen molar-refractivity contribution in [2.75, 3.05) is 5.73 Å². The van der Waals surface area contributed by atoms with Gasteiger partial charge in [-0.2, -0.15) is 5.10 Å². The molecule has 1 heterocycles. The average Bonchev–Trinajstić information content (AvgIpc) is 2.51. The zero-order valence-corrected chi connectivity index (χ0v) is 7.57. The van der Waals surface area contributed by atoms with Crippen LogP contribution in [0.1, 0.15) is 17.4 Å². The largest absolute Gasteiger partial charge is 0.396 e. The molecule has 0 fully saturated rings. The molecule has 0 aromatic carbocycles. The molecule has 6 N–H and O–H groups in total. The van der Waals surface area contributed by atoms with Crippen LogP contribution in [-0.4, -0.2) is 28.1 Å². The molecule has 1 aromatic heterocycles. The third kappa shape index (κ3) is 2.00. The van der Waals surface area contributed by atoms with E-state index in [-0.39, 0.29) is 11.4 Å². The molecule has 7 heteroatoms. The smallest absolute Gasteiger partial charge is 0.272 e. The van der Waals surface area contributed by atoms with Crippen molar-refractivity contribution < 1.29 is 9.59 Å². The fourth-order valence-electron chi connectivity index (χ4n) is 0.817. The van der Waals surface area contributed by atoms with Gasteiger partial charge in [0.1, 0.15) is 11.7 Å². The number of nitrogen functional groups attached to an aromatic ring is 1. The van der Waals surface area contributed by atoms with Crippen molar-refractivity contribution >= 4 is 17.5 Å². The van der Waals surface area contributed by atoms with Crippen LogP contribution in [0.2, 0.25) is 0 Å². The molecule has 76 valence electrons. The minimum Gasteiger partial charge on any atom is -0.396 e. The van der Waals surface area contributed by atoms with Crippen LogP contribution in [0.3, 0.4) is 0 Å². The Bertz CT molecular complexity index is 359. The number of nitrogens with zero attached hydrogens (tertiary/aromatic N) is 1. The predicted molar refractivity (Wildman–Crippen MR) is 49.1 cm³/mol. The normalized spacial score (nSPS) is 12.1. The van der Waals surface area contributed by atoms with Crippen molar-refractivity contribution in [2.45, 2.75) is 13.0 Å². The molecule has 0 saturated heterocycles. The number of nitrogens with one attached hydrogen (secondary N) is 2. The van der Waals surface area contributed by atoms with E-state index >= 15 is 0 Å². The van der Waals surface area contributed by atoms with Crippen LogP contribution >= 0.6 is 0 Å². The van der Waals surface area contributed by atoms with E-state index in [2.05, 4.69) is 15.5 Å². The molecule has 0 aliphatic carbocycles. The first-order chi connectivity index (χ1) is 6.52. The number of aromatic amines is 1. The third-order valence-electron chi connectivity index (χ3n) is 1.67. The molecule has 0 saturated carbocycles. The summed E-state index contributed by atoms with van der Waals surface area (Å²) in [6.45, 7) is 1.48. The summed E-state index contributed by atoms with van der Waals surface area (Å²) in [6.07, 6.45) is 1.31. The van der Waals surface area contributed by atoms with Gasteiger partial charge in [0.05, 0.1) is 11.9 Å². The number of aromatic nitrogens is 2. The van der Waals surface area contributed by atoms with Crippen molar-refractivity contribution in [2.24, 2.45) is 5.73 Å². The Hall–Kier alpha value is -2.05. The van der Waals surface area contributed by atoms with Crippen molar-refractivity contribution in [1.82, 2.24) is 15.5 Å². The van der Waals surface area contributed by atoms with E-state index in [4.69, 9.17) is 11.5 Å². The number of primary amides is 1. The molecule has 0 spiro atoms. The maximum absolute atomic E-state index is 11.4. The summed E-state index contributed by atoms with van der Waals surface area (Å²) >= 11 is 0. The highest BCUT2D eigenvalue weighted by Crippen LogP contribution is 2.05. The molecular formula is C7H11N5O2. The van der Waals surface area contributed by atoms with E-state index in [9.17, 15) is 9.59 Å². The number of rotatable bonds is 3. The number of carbonyl (C=O) groups is 2. The summed E-state index contributed by atoms with van der Waals surface area (Å²) in [7, 11) is 0. The Kier molecular flexibility index (Phi) is 2.70. The van der Waals surface area contributed by atoms with Gasteiger partial charge in [-0.25, -0.2) is 0 Å². The van der Waals surface area contributed by atoms with E-state index < -0.39 is 17.9 Å². The Morgan fingerprint density at radius 3 is 2.71 bits per heavy atom. The summed E-state index contributed by atoms with van der Waals surface area (Å²) < 4.78 is 0. The highest BCUT2D eigenvalue weighted by molar-refractivity contribution is 5.99. The molecule has 1 rings (SSSR count). The molecule has 0 aliphatic heterocycles. The molecule has 2 amide bonds. The number of nitrogens with two attached hydrogens (primary N) is 2. The first-order valence-electron chi connectivity index (χ1n) is 3.91. The molecular weight excluding hydrogens is 186 g/mol. The third-order valence-corrected chi connectivity index (χ3v) is 1.67. The lowest BCUT2D eigenvalue weighted by Gasteiger charge is -2.08. The minimum atomic E-state index is -0.745. The minimum absolute atomic E-state index is 0.123. The van der Waals surface area contributed by atoms with E-state index in [1.807, 2.05) is 0 Å². The number of amides is 2. The second-order valence-electron chi connectivity index (χ2n) is 2.80. The first kappa shape index (κ1) is 10.0. The second kappa shape index (κ2) is 3.77. The number of hydrogen-bond acceptors (Lipinski definition) is 4. The van der Waals surface area contributed by atoms with Gasteiger partial charge < -0.3 is 16.8 Å². The lowest BCUT2D eigenvalue weighted by atomic mass is 10.3. The van der Waals surface area contributed by atoms with Gasteiger partial charge in [-0.05, 0) is 6.92 Å². The lowest BCUT2D eigenvalue weighted by Crippen LogP contribution is -2.42. The monoisotopic (exact) mass is 197 g/mol. The predicted octanol–water partition coefficient (Wildman–Crippen LogP) is -1.40. The van der Waals surface area contributed by atoms with Gasteiger partial charge in [0.2, 0.25) is 5.91 Å². The molecule has 7 nitrogen and oxygen atoms in total. The topological polar surface area (TPSA) is 127 Å². The zero-order chi connectivity index (χ0) is 10.7. The van der Waals surface area contributed by atoms with Gasteiger partial charge in [-0.1, -0.05) is 0 Å². The Balaban J connectivity index is 2.69. The van der Waals surface area contributed by atoms with Crippen LogP contribution in [0.15, 0.2) is 6.20 Å². The van der Waals surface area contributed by atoms with Gasteiger partial charge in [-0.15, -0.1) is 0 Å². The lowest BCUT2D eigenvalue weighted by molar-refractivity contribution is -0.119. The summed E-state index contributed by atoms with van der Waals surface area (Å²) in [6, 6.07) is -0.745. The number of anilines is 1. The second-order valence-corrected chi connectivity index (χ2v) is 2.80. The molecule has 14 heavy (non-hydrogen) atoms. The van der Waals surface area contributed by atoms with Crippen LogP contribution in [0.25, 0.3) is 0 Å². The summed E-state index contributed by atoms with van der Waals surface area (Å²) in [5.74, 6) is -1.12. The van der Waals surface area contributed by atoms with Crippen LogP contribution in [0, 0.1) is 0 Å². The van der Waals surface area contributed by atoms with E-state index in [0.717, 1.165) is 0 Å². The van der Waals surface area contributed by atoms with Gasteiger partial charge in [0.25, 0.3) is 5.91 Å². The molecule has 1 atom stereocenters. The fourth-order valence-corrected chi connectivity index (χ4v) is 0.817. The highest BCUT2D eigenvalue weighted by atomic mass is 16.2. The molecule has 0 bridgehead atoms. The van der Waals surface area contributed by atoms with Crippen LogP contribution in [-0.2, 0) is 4.79 Å². The Morgan fingerprint density at radius 2 is 2.29 bits per heavy atom. The van der Waals surface area contributed by atoms with Gasteiger partial charge >= 0.3 is 0 Å². The van der Waals surface area contributed by atoms with E-state index in [1.54, 1.807) is 0 Å². The molecule has 0 aliphatic rings. The van der Waals surface area contributed by atoms with E-state index in [1.165, 1.54) is 13.1 Å². The van der Waals surface area contributed by atoms with Crippen molar-refractivity contribution in [1.29, 1.82) is 0 Å². The SMILES string of the molecule is C[C@H](NC(=O)c1[nH]ncc1N)C(N)=O. The number of hydrogen-bond donors (Lipinski definition) is 4. The van der Waals surface area contributed by atoms with Gasteiger partial charge in [0.15, 0.2) is 0 Å². The van der Waals surface area contributed by atoms with Crippen LogP contribution < -0.4 is 16.8 Å². The Morgan fingerprint density at radius 1 is 1.64 bits per heavy atom. The summed E-state index contributed by atoms with van der Waals surface area (Å²) in [5.41, 5.74) is 10.7. The maximum atomic E-state index is 11.4. The van der Waals surface area contributed by atoms with Crippen molar-refractivity contribution in [3.05, 3.63) is 11.9 Å². The highest BCUT2D eigenvalue weighted by Gasteiger charge is 2.16. The average molecular weight is 197 g/mol. The van der Waals surface area contributed by atoms with Gasteiger partial charge in [0, 0.05) is 0 Å². The molecule has 1 aromatic rings. The molecule has 0 unspecified atom stereocenters. The summed E-state index contributed by atoms with van der Waals surface area (Å²) in [4.78, 5) is 22.0. The Labute approximate surface area is 79.8 Å². The zero-order valence-electron chi connectivity index (χ0n) is 7.57. The fraction of sp³-hybridized carbons (Fsp3) is 0.286. The van der Waals surface area contributed by atoms with Crippen LogP contribution in [0.4, 0.5) is 5.69 Å². The quantitative estimate of drug-likeness (QED) is 0.475. The van der Waals surface area contributed by atoms with E-state index in [0.29, 0.717) is 0 Å². The van der Waals surface area contributed by atoms with Crippen LogP contribution in [0.5, 0.6) is 0 Å². The maximum Gasteiger partial charge on any atom is 0.272 e.